The van der Waals surface area contributed by atoms with E-state index in [0.29, 0.717) is 17.7 Å². The standard InChI is InChI=1S/C22H32N4O3S/c1-2-3-4-5-6-7-16-30(28,29)25-17-21(23)18-8-10-19(11-9-18)22(27)26-20-12-14-24-15-13-20/h8-15,21,25H,2-7,16-17,23H2,1H3,(H,24,26,27). The topological polar surface area (TPSA) is 114 Å². The molecule has 0 spiro atoms. The molecular formula is C22H32N4O3S. The van der Waals surface area contributed by atoms with Gasteiger partial charge in [0.05, 0.1) is 5.75 Å². The number of nitrogens with zero attached hydrogens (tertiary/aromatic N) is 1. The van der Waals surface area contributed by atoms with Gasteiger partial charge in [-0.25, -0.2) is 13.1 Å². The summed E-state index contributed by atoms with van der Waals surface area (Å²) in [5.74, 6) is -0.110. The van der Waals surface area contributed by atoms with Crippen molar-refractivity contribution < 1.29 is 13.2 Å². The molecule has 1 heterocycles. The summed E-state index contributed by atoms with van der Waals surface area (Å²) in [6, 6.07) is 9.77. The third-order valence-corrected chi connectivity index (χ3v) is 6.26. The molecule has 1 aromatic carbocycles. The lowest BCUT2D eigenvalue weighted by Crippen LogP contribution is -2.33. The van der Waals surface area contributed by atoms with Crippen LogP contribution in [0.15, 0.2) is 48.8 Å². The van der Waals surface area contributed by atoms with Crippen molar-refractivity contribution in [2.24, 2.45) is 5.73 Å². The number of anilines is 1. The number of sulfonamides is 1. The lowest BCUT2D eigenvalue weighted by Gasteiger charge is -2.14. The average molecular weight is 433 g/mol. The van der Waals surface area contributed by atoms with Crippen LogP contribution in [0.25, 0.3) is 0 Å². The van der Waals surface area contributed by atoms with Crippen LogP contribution in [0, 0.1) is 0 Å². The van der Waals surface area contributed by atoms with Crippen molar-refractivity contribution in [3.8, 4) is 0 Å². The predicted molar refractivity (Wildman–Crippen MR) is 121 cm³/mol. The SMILES string of the molecule is CCCCCCCCS(=O)(=O)NCC(N)c1ccc(C(=O)Nc2ccncc2)cc1. The Morgan fingerprint density at radius 1 is 1.00 bits per heavy atom. The number of unbranched alkanes of at least 4 members (excludes halogenated alkanes) is 5. The molecule has 1 atom stereocenters. The number of pyridine rings is 1. The van der Waals surface area contributed by atoms with Crippen molar-refractivity contribution in [3.05, 3.63) is 59.9 Å². The zero-order valence-corrected chi connectivity index (χ0v) is 18.3. The first-order chi connectivity index (χ1) is 14.4. The molecular weight excluding hydrogens is 400 g/mol. The van der Waals surface area contributed by atoms with Crippen molar-refractivity contribution in [1.82, 2.24) is 9.71 Å². The van der Waals surface area contributed by atoms with Gasteiger partial charge in [0.25, 0.3) is 5.91 Å². The number of carbonyl (C=O) groups is 1. The smallest absolute Gasteiger partial charge is 0.255 e. The number of nitrogens with one attached hydrogen (secondary N) is 2. The summed E-state index contributed by atoms with van der Waals surface area (Å²) < 4.78 is 26.9. The number of benzene rings is 1. The van der Waals surface area contributed by atoms with Crippen molar-refractivity contribution in [2.45, 2.75) is 51.5 Å². The van der Waals surface area contributed by atoms with Crippen molar-refractivity contribution in [3.63, 3.8) is 0 Å². The quantitative estimate of drug-likeness (QED) is 0.418. The van der Waals surface area contributed by atoms with Crippen LogP contribution in [0.1, 0.15) is 67.4 Å². The van der Waals surface area contributed by atoms with Gasteiger partial charge in [0, 0.05) is 36.2 Å². The maximum atomic E-state index is 12.3. The Bertz CT molecular complexity index is 871. The van der Waals surface area contributed by atoms with Gasteiger partial charge >= 0.3 is 0 Å². The highest BCUT2D eigenvalue weighted by Gasteiger charge is 2.14. The second-order valence-electron chi connectivity index (χ2n) is 7.35. The first-order valence-electron chi connectivity index (χ1n) is 10.5. The number of rotatable bonds is 13. The fraction of sp³-hybridized carbons (Fsp3) is 0.455. The Morgan fingerprint density at radius 3 is 2.30 bits per heavy atom. The van der Waals surface area contributed by atoms with Gasteiger partial charge in [-0.15, -0.1) is 0 Å². The lowest BCUT2D eigenvalue weighted by atomic mass is 10.1. The molecule has 1 aromatic heterocycles. The molecule has 7 nitrogen and oxygen atoms in total. The first kappa shape index (κ1) is 24.0. The minimum absolute atomic E-state index is 0.125. The molecule has 2 rings (SSSR count). The maximum absolute atomic E-state index is 12.3. The van der Waals surface area contributed by atoms with Crippen LogP contribution >= 0.6 is 0 Å². The van der Waals surface area contributed by atoms with Gasteiger partial charge in [-0.2, -0.15) is 0 Å². The van der Waals surface area contributed by atoms with Crippen molar-refractivity contribution >= 4 is 21.6 Å². The Morgan fingerprint density at radius 2 is 1.63 bits per heavy atom. The number of hydrogen-bond acceptors (Lipinski definition) is 5. The molecule has 0 aliphatic rings. The van der Waals surface area contributed by atoms with E-state index < -0.39 is 16.1 Å². The molecule has 2 aromatic rings. The van der Waals surface area contributed by atoms with E-state index in [-0.39, 0.29) is 18.2 Å². The first-order valence-corrected chi connectivity index (χ1v) is 12.1. The van der Waals surface area contributed by atoms with E-state index in [1.807, 2.05) is 0 Å². The molecule has 0 aliphatic heterocycles. The molecule has 164 valence electrons. The molecule has 0 saturated heterocycles. The Hall–Kier alpha value is -2.29. The zero-order chi connectivity index (χ0) is 21.8. The van der Waals surface area contributed by atoms with E-state index in [1.165, 1.54) is 12.8 Å². The Labute approximate surface area is 179 Å². The molecule has 1 unspecified atom stereocenters. The average Bonchev–Trinajstić information content (AvgIpc) is 2.75. The van der Waals surface area contributed by atoms with E-state index in [4.69, 9.17) is 5.73 Å². The summed E-state index contributed by atoms with van der Waals surface area (Å²) in [6.45, 7) is 2.28. The summed E-state index contributed by atoms with van der Waals surface area (Å²) in [6.07, 6.45) is 9.40. The van der Waals surface area contributed by atoms with Crippen LogP contribution in [-0.2, 0) is 10.0 Å². The second-order valence-corrected chi connectivity index (χ2v) is 9.28. The van der Waals surface area contributed by atoms with Gasteiger partial charge in [-0.3, -0.25) is 9.78 Å². The van der Waals surface area contributed by atoms with Crippen LogP contribution in [-0.4, -0.2) is 31.6 Å². The van der Waals surface area contributed by atoms with Gasteiger partial charge in [-0.1, -0.05) is 51.2 Å². The van der Waals surface area contributed by atoms with Crippen molar-refractivity contribution in [1.29, 1.82) is 0 Å². The number of amides is 1. The van der Waals surface area contributed by atoms with Crippen LogP contribution in [0.2, 0.25) is 0 Å². The van der Waals surface area contributed by atoms with Crippen LogP contribution in [0.5, 0.6) is 0 Å². The largest absolute Gasteiger partial charge is 0.323 e. The van der Waals surface area contributed by atoms with E-state index >= 15 is 0 Å². The summed E-state index contributed by atoms with van der Waals surface area (Å²) >= 11 is 0. The molecule has 8 heteroatoms. The highest BCUT2D eigenvalue weighted by molar-refractivity contribution is 7.89. The number of hydrogen-bond donors (Lipinski definition) is 3. The number of nitrogens with two attached hydrogens (primary N) is 1. The van der Waals surface area contributed by atoms with E-state index in [1.54, 1.807) is 48.8 Å². The lowest BCUT2D eigenvalue weighted by molar-refractivity contribution is 0.102. The van der Waals surface area contributed by atoms with Gasteiger partial charge in [0.15, 0.2) is 0 Å². The zero-order valence-electron chi connectivity index (χ0n) is 17.5. The van der Waals surface area contributed by atoms with Crippen LogP contribution < -0.4 is 15.8 Å². The Balaban J connectivity index is 1.78. The molecule has 0 saturated carbocycles. The number of aromatic nitrogens is 1. The fourth-order valence-electron chi connectivity index (χ4n) is 3.00. The van der Waals surface area contributed by atoms with Crippen LogP contribution in [0.4, 0.5) is 5.69 Å². The molecule has 0 aliphatic carbocycles. The minimum atomic E-state index is -3.33. The van der Waals surface area contributed by atoms with Crippen molar-refractivity contribution in [2.75, 3.05) is 17.6 Å². The van der Waals surface area contributed by atoms with Crippen LogP contribution in [0.3, 0.4) is 0 Å². The van der Waals surface area contributed by atoms with E-state index in [9.17, 15) is 13.2 Å². The summed E-state index contributed by atoms with van der Waals surface area (Å²) in [5.41, 5.74) is 8.04. The minimum Gasteiger partial charge on any atom is -0.323 e. The fourth-order valence-corrected chi connectivity index (χ4v) is 4.16. The molecule has 30 heavy (non-hydrogen) atoms. The maximum Gasteiger partial charge on any atom is 0.255 e. The van der Waals surface area contributed by atoms with Gasteiger partial charge in [0.2, 0.25) is 10.0 Å². The predicted octanol–water partition coefficient (Wildman–Crippen LogP) is 3.61. The summed E-state index contributed by atoms with van der Waals surface area (Å²) in [7, 11) is -3.33. The highest BCUT2D eigenvalue weighted by atomic mass is 32.2. The van der Waals surface area contributed by atoms with E-state index in [2.05, 4.69) is 21.9 Å². The molecule has 0 fully saturated rings. The van der Waals surface area contributed by atoms with E-state index in [0.717, 1.165) is 24.8 Å². The normalized spacial score (nSPS) is 12.5. The van der Waals surface area contributed by atoms with Gasteiger partial charge in [-0.05, 0) is 36.2 Å². The second kappa shape index (κ2) is 12.4. The molecule has 0 radical (unpaired) electrons. The summed E-state index contributed by atoms with van der Waals surface area (Å²) in [4.78, 5) is 16.2. The van der Waals surface area contributed by atoms with Gasteiger partial charge < -0.3 is 11.1 Å². The highest BCUT2D eigenvalue weighted by Crippen LogP contribution is 2.14. The van der Waals surface area contributed by atoms with Gasteiger partial charge in [0.1, 0.15) is 0 Å². The molecule has 1 amide bonds. The number of carbonyl (C=O) groups excluding carboxylic acids is 1. The molecule has 0 bridgehead atoms. The third kappa shape index (κ3) is 8.61. The summed E-state index contributed by atoms with van der Waals surface area (Å²) in [5, 5.41) is 2.79. The monoisotopic (exact) mass is 432 g/mol. The molecule has 4 N–H and O–H groups in total. The third-order valence-electron chi connectivity index (χ3n) is 4.83. The Kier molecular flexibility index (Phi) is 9.93.